The van der Waals surface area contributed by atoms with E-state index in [0.717, 1.165) is 28.8 Å². The maximum Gasteiger partial charge on any atom is 0.417 e. The van der Waals surface area contributed by atoms with E-state index in [1.165, 1.54) is 24.3 Å². The summed E-state index contributed by atoms with van der Waals surface area (Å²) in [6.45, 7) is 1.15. The van der Waals surface area contributed by atoms with E-state index >= 15 is 0 Å². The molecule has 0 fully saturated rings. The molecule has 1 N–H and O–H groups in total. The molecule has 0 unspecified atom stereocenters. The number of hydrogen-bond donors (Lipinski definition) is 1. The fourth-order valence-corrected chi connectivity index (χ4v) is 5.68. The van der Waals surface area contributed by atoms with Crippen molar-refractivity contribution in [2.45, 2.75) is 24.0 Å². The van der Waals surface area contributed by atoms with Crippen molar-refractivity contribution in [3.05, 3.63) is 130 Å². The smallest absolute Gasteiger partial charge is 0.344 e. The predicted octanol–water partition coefficient (Wildman–Crippen LogP) is 6.77. The summed E-state index contributed by atoms with van der Waals surface area (Å²) in [5.41, 5.74) is 0.955. The van der Waals surface area contributed by atoms with Crippen molar-refractivity contribution in [1.29, 1.82) is 0 Å². The van der Waals surface area contributed by atoms with Crippen LogP contribution in [-0.4, -0.2) is 20.9 Å². The van der Waals surface area contributed by atoms with Crippen molar-refractivity contribution in [1.82, 2.24) is 5.32 Å². The number of sulfonamides is 1. The van der Waals surface area contributed by atoms with Crippen LogP contribution in [0.25, 0.3) is 0 Å². The number of nitrogens with one attached hydrogen (secondary N) is 1. The lowest BCUT2D eigenvalue weighted by Crippen LogP contribution is -2.42. The van der Waals surface area contributed by atoms with Gasteiger partial charge in [-0.15, -0.1) is 0 Å². The number of hydrogen-bond acceptors (Lipinski definition) is 3. The molecule has 0 saturated carbocycles. The minimum absolute atomic E-state index is 0.181. The second kappa shape index (κ2) is 11.5. The zero-order valence-electron chi connectivity index (χ0n) is 20.7. The summed E-state index contributed by atoms with van der Waals surface area (Å²) in [5.74, 6) is -0.715. The molecule has 39 heavy (non-hydrogen) atoms. The van der Waals surface area contributed by atoms with Crippen LogP contribution < -0.4 is 9.62 Å². The molecule has 1 atom stereocenters. The molecule has 4 aromatic rings. The van der Waals surface area contributed by atoms with Gasteiger partial charge in [0.05, 0.1) is 27.2 Å². The van der Waals surface area contributed by atoms with Gasteiger partial charge in [0.2, 0.25) is 5.91 Å². The fraction of sp³-hybridized carbons (Fsp3) is 0.138. The standard InChI is InChI=1S/C29H24ClF3N2O3S/c1-20-12-14-22(15-13-20)28(21-8-4-2-5-9-21)34-27(36)19-35(39(37,38)24-10-6-3-7-11-24)23-16-17-26(30)25(18-23)29(31,32)33/h2-18,28H,19H2,1H3,(H,34,36)/t28-/m0/s1. The zero-order valence-corrected chi connectivity index (χ0v) is 22.3. The van der Waals surface area contributed by atoms with Gasteiger partial charge < -0.3 is 5.32 Å². The lowest BCUT2D eigenvalue weighted by molar-refractivity contribution is -0.137. The van der Waals surface area contributed by atoms with Crippen LogP contribution in [-0.2, 0) is 21.0 Å². The molecule has 0 aliphatic carbocycles. The lowest BCUT2D eigenvalue weighted by Gasteiger charge is -2.27. The third-order valence-electron chi connectivity index (χ3n) is 6.01. The highest BCUT2D eigenvalue weighted by Crippen LogP contribution is 2.38. The molecule has 1 amide bonds. The maximum absolute atomic E-state index is 13.6. The molecular weight excluding hydrogens is 549 g/mol. The van der Waals surface area contributed by atoms with Crippen LogP contribution in [0.1, 0.15) is 28.3 Å². The molecule has 0 spiro atoms. The van der Waals surface area contributed by atoms with Gasteiger partial charge >= 0.3 is 6.18 Å². The highest BCUT2D eigenvalue weighted by atomic mass is 35.5. The molecule has 202 valence electrons. The Hall–Kier alpha value is -3.82. The van der Waals surface area contributed by atoms with Gasteiger partial charge in [0.25, 0.3) is 10.0 Å². The molecule has 0 saturated heterocycles. The number of alkyl halides is 3. The summed E-state index contributed by atoms with van der Waals surface area (Å²) in [5, 5.41) is 2.27. The Balaban J connectivity index is 1.74. The van der Waals surface area contributed by atoms with Crippen LogP contribution >= 0.6 is 11.6 Å². The van der Waals surface area contributed by atoms with Crippen LogP contribution in [0.15, 0.2) is 108 Å². The van der Waals surface area contributed by atoms with Crippen LogP contribution in [0.4, 0.5) is 18.9 Å². The predicted molar refractivity (Wildman–Crippen MR) is 145 cm³/mol. The van der Waals surface area contributed by atoms with Gasteiger partial charge in [0.1, 0.15) is 6.54 Å². The van der Waals surface area contributed by atoms with E-state index in [-0.39, 0.29) is 10.6 Å². The van der Waals surface area contributed by atoms with E-state index in [4.69, 9.17) is 11.6 Å². The maximum atomic E-state index is 13.6. The van der Waals surface area contributed by atoms with Gasteiger partial charge in [0, 0.05) is 0 Å². The van der Waals surface area contributed by atoms with E-state index < -0.39 is 45.3 Å². The van der Waals surface area contributed by atoms with E-state index in [2.05, 4.69) is 5.32 Å². The first-order valence-corrected chi connectivity index (χ1v) is 13.6. The van der Waals surface area contributed by atoms with E-state index in [1.54, 1.807) is 18.2 Å². The highest BCUT2D eigenvalue weighted by Gasteiger charge is 2.35. The Morgan fingerprint density at radius 1 is 0.872 bits per heavy atom. The Bertz CT molecular complexity index is 1550. The van der Waals surface area contributed by atoms with E-state index in [1.807, 2.05) is 49.4 Å². The Morgan fingerprint density at radius 2 is 1.44 bits per heavy atom. The third-order valence-corrected chi connectivity index (χ3v) is 8.13. The molecule has 0 aromatic heterocycles. The normalized spacial score (nSPS) is 12.5. The number of benzene rings is 4. The molecule has 10 heteroatoms. The molecule has 0 radical (unpaired) electrons. The molecular formula is C29H24ClF3N2O3S. The van der Waals surface area contributed by atoms with E-state index in [9.17, 15) is 26.4 Å². The largest absolute Gasteiger partial charge is 0.417 e. The van der Waals surface area contributed by atoms with Crippen LogP contribution in [0.2, 0.25) is 5.02 Å². The van der Waals surface area contributed by atoms with Crippen molar-refractivity contribution in [3.63, 3.8) is 0 Å². The number of carbonyl (C=O) groups is 1. The third kappa shape index (κ3) is 6.61. The number of nitrogens with zero attached hydrogens (tertiary/aromatic N) is 1. The number of carbonyl (C=O) groups excluding carboxylic acids is 1. The van der Waals surface area contributed by atoms with Gasteiger partial charge in [0.15, 0.2) is 0 Å². The molecule has 0 bridgehead atoms. The van der Waals surface area contributed by atoms with E-state index in [0.29, 0.717) is 10.4 Å². The number of anilines is 1. The van der Waals surface area contributed by atoms with Crippen LogP contribution in [0.3, 0.4) is 0 Å². The van der Waals surface area contributed by atoms with Crippen molar-refractivity contribution < 1.29 is 26.4 Å². The van der Waals surface area contributed by atoms with Crippen LogP contribution in [0.5, 0.6) is 0 Å². The first-order valence-electron chi connectivity index (χ1n) is 11.8. The molecule has 0 heterocycles. The average Bonchev–Trinajstić information content (AvgIpc) is 2.92. The summed E-state index contributed by atoms with van der Waals surface area (Å²) >= 11 is 5.77. The van der Waals surface area contributed by atoms with Crippen molar-refractivity contribution in [2.24, 2.45) is 0 Å². The molecule has 0 aliphatic heterocycles. The summed E-state index contributed by atoms with van der Waals surface area (Å²) in [6.07, 6.45) is -4.83. The summed E-state index contributed by atoms with van der Waals surface area (Å²) in [7, 11) is -4.43. The number of halogens is 4. The Labute approximate surface area is 229 Å². The SMILES string of the molecule is Cc1ccc([C@@H](NC(=O)CN(c2ccc(Cl)c(C(F)(F)F)c2)S(=O)(=O)c2ccccc2)c2ccccc2)cc1. The number of amides is 1. The monoisotopic (exact) mass is 572 g/mol. The van der Waals surface area contributed by atoms with Gasteiger partial charge in [-0.25, -0.2) is 8.42 Å². The molecule has 4 aromatic carbocycles. The quantitative estimate of drug-likeness (QED) is 0.253. The minimum Gasteiger partial charge on any atom is -0.344 e. The zero-order chi connectivity index (χ0) is 28.2. The van der Waals surface area contributed by atoms with Crippen molar-refractivity contribution in [3.8, 4) is 0 Å². The first-order chi connectivity index (χ1) is 18.5. The van der Waals surface area contributed by atoms with Crippen LogP contribution in [0, 0.1) is 6.92 Å². The second-order valence-corrected chi connectivity index (χ2v) is 11.1. The average molecular weight is 573 g/mol. The highest BCUT2D eigenvalue weighted by molar-refractivity contribution is 7.92. The number of aryl methyl sites for hydroxylation is 1. The van der Waals surface area contributed by atoms with Gasteiger partial charge in [-0.1, -0.05) is 90.0 Å². The molecule has 4 rings (SSSR count). The molecule has 0 aliphatic rings. The Kier molecular flexibility index (Phi) is 8.32. The lowest BCUT2D eigenvalue weighted by atomic mass is 9.98. The summed E-state index contributed by atoms with van der Waals surface area (Å²) in [4.78, 5) is 13.2. The summed E-state index contributed by atoms with van der Waals surface area (Å²) in [6, 6.07) is 25.8. The fourth-order valence-electron chi connectivity index (χ4n) is 4.02. The first kappa shape index (κ1) is 28.2. The van der Waals surface area contributed by atoms with Crippen molar-refractivity contribution >= 4 is 33.2 Å². The Morgan fingerprint density at radius 3 is 2.03 bits per heavy atom. The van der Waals surface area contributed by atoms with Gasteiger partial charge in [-0.3, -0.25) is 9.10 Å². The summed E-state index contributed by atoms with van der Waals surface area (Å²) < 4.78 is 68.7. The number of rotatable bonds is 8. The second-order valence-electron chi connectivity index (χ2n) is 8.81. The minimum atomic E-state index is -4.83. The van der Waals surface area contributed by atoms with Gasteiger partial charge in [-0.2, -0.15) is 13.2 Å². The van der Waals surface area contributed by atoms with Gasteiger partial charge in [-0.05, 0) is 48.4 Å². The topological polar surface area (TPSA) is 66.5 Å². The van der Waals surface area contributed by atoms with Crippen molar-refractivity contribution in [2.75, 3.05) is 10.8 Å². The molecule has 5 nitrogen and oxygen atoms in total.